The summed E-state index contributed by atoms with van der Waals surface area (Å²) in [7, 11) is -2.04. The summed E-state index contributed by atoms with van der Waals surface area (Å²) in [5.74, 6) is -0.448. The Morgan fingerprint density at radius 1 is 1.48 bits per heavy atom. The number of hydrogen-bond acceptors (Lipinski definition) is 4. The molecule has 0 atom stereocenters. The van der Waals surface area contributed by atoms with Crippen molar-refractivity contribution in [2.24, 2.45) is 0 Å². The molecule has 8 heteroatoms. The first-order valence-electron chi connectivity index (χ1n) is 6.52. The van der Waals surface area contributed by atoms with E-state index in [4.69, 9.17) is 0 Å². The largest absolute Gasteiger partial charge is 0.316 e. The Bertz CT molecular complexity index is 772. The summed E-state index contributed by atoms with van der Waals surface area (Å²) >= 11 is 0. The van der Waals surface area contributed by atoms with Crippen molar-refractivity contribution >= 4 is 15.7 Å². The summed E-state index contributed by atoms with van der Waals surface area (Å²) in [6, 6.07) is 4.23. The van der Waals surface area contributed by atoms with Gasteiger partial charge >= 0.3 is 0 Å². The van der Waals surface area contributed by atoms with Crippen molar-refractivity contribution < 1.29 is 12.8 Å². The van der Waals surface area contributed by atoms with Gasteiger partial charge in [0, 0.05) is 18.7 Å². The van der Waals surface area contributed by atoms with E-state index in [-0.39, 0.29) is 5.03 Å². The van der Waals surface area contributed by atoms with E-state index in [9.17, 15) is 12.8 Å². The highest BCUT2D eigenvalue weighted by Crippen LogP contribution is 2.33. The average molecular weight is 310 g/mol. The molecule has 0 saturated carbocycles. The van der Waals surface area contributed by atoms with Gasteiger partial charge in [-0.15, -0.1) is 0 Å². The molecule has 2 aromatic rings. The number of rotatable bonds is 4. The lowest BCUT2D eigenvalue weighted by molar-refractivity contribution is 0.585. The van der Waals surface area contributed by atoms with Gasteiger partial charge in [0.2, 0.25) is 0 Å². The predicted molar refractivity (Wildman–Crippen MR) is 76.0 cm³/mol. The number of aromatic nitrogens is 2. The van der Waals surface area contributed by atoms with Gasteiger partial charge in [0.25, 0.3) is 10.0 Å². The molecule has 0 aliphatic carbocycles. The van der Waals surface area contributed by atoms with Crippen molar-refractivity contribution in [2.75, 3.05) is 17.9 Å². The number of fused-ring (bicyclic) bond motifs is 1. The number of H-pyrrole nitrogens is 1. The monoisotopic (exact) mass is 310 g/mol. The van der Waals surface area contributed by atoms with Crippen molar-refractivity contribution in [2.45, 2.75) is 18.0 Å². The standard InChI is InChI=1S/C13H15FN4O2S/c1-15-7-10-8-16-17-13(10)21(19,20)18-5-4-9-2-3-11(14)6-12(9)18/h2-3,6,8,15H,4-5,7H2,1H3,(H,16,17). The molecule has 0 amide bonds. The molecule has 0 radical (unpaired) electrons. The number of hydrogen-bond donors (Lipinski definition) is 2. The Kier molecular flexibility index (Phi) is 3.42. The van der Waals surface area contributed by atoms with Gasteiger partial charge in [-0.1, -0.05) is 6.07 Å². The maximum absolute atomic E-state index is 13.4. The van der Waals surface area contributed by atoms with Crippen molar-refractivity contribution in [1.29, 1.82) is 0 Å². The van der Waals surface area contributed by atoms with Gasteiger partial charge in [0.1, 0.15) is 5.82 Å². The van der Waals surface area contributed by atoms with Crippen LogP contribution in [0.3, 0.4) is 0 Å². The molecule has 1 aromatic heterocycles. The van der Waals surface area contributed by atoms with Crippen molar-refractivity contribution in [1.82, 2.24) is 15.5 Å². The lowest BCUT2D eigenvalue weighted by Crippen LogP contribution is -2.30. The Balaban J connectivity index is 2.05. The second-order valence-electron chi connectivity index (χ2n) is 4.85. The molecular formula is C13H15FN4O2S. The fraction of sp³-hybridized carbons (Fsp3) is 0.308. The summed E-state index contributed by atoms with van der Waals surface area (Å²) < 4.78 is 40.2. The SMILES string of the molecule is CNCc1cn[nH]c1S(=O)(=O)N1CCc2ccc(F)cc21. The van der Waals surface area contributed by atoms with E-state index in [1.807, 2.05) is 0 Å². The predicted octanol–water partition coefficient (Wildman–Crippen LogP) is 1.02. The summed E-state index contributed by atoms with van der Waals surface area (Å²) in [6.45, 7) is 0.689. The molecule has 3 rings (SSSR count). The van der Waals surface area contributed by atoms with E-state index in [2.05, 4.69) is 15.5 Å². The van der Waals surface area contributed by atoms with E-state index >= 15 is 0 Å². The Morgan fingerprint density at radius 3 is 3.05 bits per heavy atom. The van der Waals surface area contributed by atoms with Crippen LogP contribution < -0.4 is 9.62 Å². The molecule has 112 valence electrons. The van der Waals surface area contributed by atoms with Crippen LogP contribution in [0.5, 0.6) is 0 Å². The van der Waals surface area contributed by atoms with Gasteiger partial charge in [0.05, 0.1) is 11.9 Å². The molecule has 0 fully saturated rings. The van der Waals surface area contributed by atoms with E-state index in [1.54, 1.807) is 13.1 Å². The van der Waals surface area contributed by atoms with E-state index in [0.717, 1.165) is 5.56 Å². The molecule has 21 heavy (non-hydrogen) atoms. The maximum Gasteiger partial charge on any atom is 0.281 e. The lowest BCUT2D eigenvalue weighted by atomic mass is 10.2. The zero-order chi connectivity index (χ0) is 15.0. The fourth-order valence-corrected chi connectivity index (χ4v) is 4.13. The number of sulfonamides is 1. The highest BCUT2D eigenvalue weighted by atomic mass is 32.2. The lowest BCUT2D eigenvalue weighted by Gasteiger charge is -2.19. The van der Waals surface area contributed by atoms with Gasteiger partial charge in [-0.25, -0.2) is 4.39 Å². The molecule has 0 bridgehead atoms. The molecule has 1 aliphatic heterocycles. The third kappa shape index (κ3) is 2.30. The highest BCUT2D eigenvalue weighted by molar-refractivity contribution is 7.92. The Hall–Kier alpha value is -1.93. The third-order valence-electron chi connectivity index (χ3n) is 3.49. The minimum atomic E-state index is -3.77. The second-order valence-corrected chi connectivity index (χ2v) is 6.65. The molecule has 2 N–H and O–H groups in total. The zero-order valence-corrected chi connectivity index (χ0v) is 12.2. The van der Waals surface area contributed by atoms with Crippen LogP contribution in [-0.2, 0) is 23.0 Å². The fourth-order valence-electron chi connectivity index (χ4n) is 2.52. The van der Waals surface area contributed by atoms with Crippen LogP contribution in [0, 0.1) is 5.82 Å². The number of nitrogens with one attached hydrogen (secondary N) is 2. The number of aromatic amines is 1. The quantitative estimate of drug-likeness (QED) is 0.884. The smallest absolute Gasteiger partial charge is 0.281 e. The van der Waals surface area contributed by atoms with E-state index < -0.39 is 15.8 Å². The molecule has 0 saturated heterocycles. The molecule has 2 heterocycles. The summed E-state index contributed by atoms with van der Waals surface area (Å²) in [5.41, 5.74) is 1.79. The zero-order valence-electron chi connectivity index (χ0n) is 11.4. The normalized spacial score (nSPS) is 14.5. The minimum Gasteiger partial charge on any atom is -0.316 e. The van der Waals surface area contributed by atoms with Crippen LogP contribution >= 0.6 is 0 Å². The summed E-state index contributed by atoms with van der Waals surface area (Å²) in [5, 5.41) is 9.30. The second kappa shape index (κ2) is 5.12. The first kappa shape index (κ1) is 14.0. The molecule has 0 spiro atoms. The van der Waals surface area contributed by atoms with Gasteiger partial charge < -0.3 is 5.32 Å². The van der Waals surface area contributed by atoms with E-state index in [0.29, 0.717) is 30.8 Å². The van der Waals surface area contributed by atoms with Gasteiger partial charge in [-0.3, -0.25) is 9.40 Å². The van der Waals surface area contributed by atoms with Gasteiger partial charge in [0.15, 0.2) is 5.03 Å². The third-order valence-corrected chi connectivity index (χ3v) is 5.32. The van der Waals surface area contributed by atoms with Crippen LogP contribution in [0.4, 0.5) is 10.1 Å². The summed E-state index contributed by atoms with van der Waals surface area (Å²) in [4.78, 5) is 0. The van der Waals surface area contributed by atoms with Crippen LogP contribution in [0.25, 0.3) is 0 Å². The first-order valence-corrected chi connectivity index (χ1v) is 7.96. The minimum absolute atomic E-state index is 0.0500. The van der Waals surface area contributed by atoms with Gasteiger partial charge in [-0.2, -0.15) is 13.5 Å². The van der Waals surface area contributed by atoms with Crippen LogP contribution in [-0.4, -0.2) is 32.2 Å². The number of benzene rings is 1. The average Bonchev–Trinajstić information content (AvgIpc) is 3.05. The Labute approximate surface area is 122 Å². The number of halogens is 1. The first-order chi connectivity index (χ1) is 10.0. The van der Waals surface area contributed by atoms with Crippen LogP contribution in [0.15, 0.2) is 29.4 Å². The highest BCUT2D eigenvalue weighted by Gasteiger charge is 2.33. The van der Waals surface area contributed by atoms with Crippen molar-refractivity contribution in [3.8, 4) is 0 Å². The van der Waals surface area contributed by atoms with Crippen LogP contribution in [0.1, 0.15) is 11.1 Å². The Morgan fingerprint density at radius 2 is 2.29 bits per heavy atom. The van der Waals surface area contributed by atoms with Crippen LogP contribution in [0.2, 0.25) is 0 Å². The molecule has 1 aromatic carbocycles. The number of nitrogens with zero attached hydrogens (tertiary/aromatic N) is 2. The topological polar surface area (TPSA) is 78.1 Å². The van der Waals surface area contributed by atoms with Gasteiger partial charge in [-0.05, 0) is 31.2 Å². The maximum atomic E-state index is 13.4. The molecule has 0 unspecified atom stereocenters. The number of anilines is 1. The van der Waals surface area contributed by atoms with Crippen molar-refractivity contribution in [3.05, 3.63) is 41.3 Å². The summed E-state index contributed by atoms with van der Waals surface area (Å²) in [6.07, 6.45) is 2.05. The van der Waals surface area contributed by atoms with E-state index in [1.165, 1.54) is 22.6 Å². The molecular weight excluding hydrogens is 295 g/mol. The molecule has 1 aliphatic rings. The molecule has 6 nitrogen and oxygen atoms in total. The van der Waals surface area contributed by atoms with Crippen molar-refractivity contribution in [3.63, 3.8) is 0 Å².